The van der Waals surface area contributed by atoms with Gasteiger partial charge in [-0.25, -0.2) is 0 Å². The fourth-order valence-corrected chi connectivity index (χ4v) is 2.55. The lowest BCUT2D eigenvalue weighted by atomic mass is 10.1. The van der Waals surface area contributed by atoms with Crippen LogP contribution in [0.15, 0.2) is 0 Å². The third kappa shape index (κ3) is 12.1. The lowest BCUT2D eigenvalue weighted by Gasteiger charge is -2.15. The third-order valence-corrected chi connectivity index (χ3v) is 3.45. The summed E-state index contributed by atoms with van der Waals surface area (Å²) in [6.45, 7) is 8.53. The molecule has 0 aliphatic heterocycles. The molecule has 0 bridgehead atoms. The highest BCUT2D eigenvalue weighted by Gasteiger charge is 2.15. The molecule has 0 saturated heterocycles. The van der Waals surface area contributed by atoms with Crippen LogP contribution >= 0.6 is 11.8 Å². The van der Waals surface area contributed by atoms with Crippen LogP contribution in [-0.4, -0.2) is 9.86 Å². The van der Waals surface area contributed by atoms with Crippen molar-refractivity contribution in [3.05, 3.63) is 0 Å². The Kier molecular flexibility index (Phi) is 9.10. The minimum Gasteiger partial charge on any atom is -0.287 e. The van der Waals surface area contributed by atoms with Crippen LogP contribution in [0.1, 0.15) is 79.1 Å². The second kappa shape index (κ2) is 9.09. The Morgan fingerprint density at radius 1 is 0.938 bits per heavy atom. The molecule has 0 amide bonds. The fraction of sp³-hybridized carbons (Fsp3) is 0.929. The first kappa shape index (κ1) is 16.0. The Labute approximate surface area is 106 Å². The second-order valence-electron chi connectivity index (χ2n) is 5.46. The van der Waals surface area contributed by atoms with Gasteiger partial charge in [-0.15, -0.1) is 0 Å². The summed E-state index contributed by atoms with van der Waals surface area (Å²) in [4.78, 5) is 11.6. The molecule has 0 atom stereocenters. The summed E-state index contributed by atoms with van der Waals surface area (Å²) in [6.07, 6.45) is 9.73. The number of hydrogen-bond acceptors (Lipinski definition) is 2. The molecule has 0 aromatic carbocycles. The van der Waals surface area contributed by atoms with Crippen LogP contribution in [0.25, 0.3) is 0 Å². The summed E-state index contributed by atoms with van der Waals surface area (Å²) in [5.41, 5.74) is 0. The summed E-state index contributed by atoms with van der Waals surface area (Å²) in [7, 11) is 0. The average molecular weight is 244 g/mol. The summed E-state index contributed by atoms with van der Waals surface area (Å²) >= 11 is 1.49. The van der Waals surface area contributed by atoms with Crippen molar-refractivity contribution in [1.82, 2.24) is 0 Å². The first-order valence-corrected chi connectivity index (χ1v) is 7.49. The lowest BCUT2D eigenvalue weighted by molar-refractivity contribution is -0.111. The first-order chi connectivity index (χ1) is 7.45. The van der Waals surface area contributed by atoms with Gasteiger partial charge in [-0.05, 0) is 6.42 Å². The molecule has 0 aromatic rings. The normalized spacial score (nSPS) is 11.8. The zero-order valence-corrected chi connectivity index (χ0v) is 12.3. The van der Waals surface area contributed by atoms with Gasteiger partial charge in [-0.3, -0.25) is 4.79 Å². The maximum atomic E-state index is 11.6. The van der Waals surface area contributed by atoms with E-state index in [4.69, 9.17) is 0 Å². The number of rotatable bonds is 8. The van der Waals surface area contributed by atoms with Gasteiger partial charge in [0.15, 0.2) is 5.12 Å². The van der Waals surface area contributed by atoms with Crippen LogP contribution in [0, 0.1) is 0 Å². The molecule has 0 N–H and O–H groups in total. The minimum absolute atomic E-state index is 0.0816. The summed E-state index contributed by atoms with van der Waals surface area (Å²) in [5, 5.41) is 0.362. The Morgan fingerprint density at radius 3 is 1.94 bits per heavy atom. The standard InChI is InChI=1S/C14H28OS/c1-5-6-7-8-9-10-11-12-13(15)16-14(2,3)4/h5-12H2,1-4H3. The molecule has 0 fully saturated rings. The topological polar surface area (TPSA) is 17.1 Å². The van der Waals surface area contributed by atoms with Gasteiger partial charge in [0.05, 0.1) is 0 Å². The molecule has 1 nitrogen and oxygen atoms in total. The first-order valence-electron chi connectivity index (χ1n) is 6.67. The molecule has 0 aliphatic rings. The highest BCUT2D eigenvalue weighted by Crippen LogP contribution is 2.25. The Bertz CT molecular complexity index is 182. The molecule has 2 heteroatoms. The van der Waals surface area contributed by atoms with Crippen molar-refractivity contribution in [3.63, 3.8) is 0 Å². The summed E-state index contributed by atoms with van der Waals surface area (Å²) in [6, 6.07) is 0. The fourth-order valence-electron chi connectivity index (χ4n) is 1.62. The minimum atomic E-state index is 0.0816. The van der Waals surface area contributed by atoms with Crippen molar-refractivity contribution in [2.75, 3.05) is 0 Å². The van der Waals surface area contributed by atoms with Crippen LogP contribution in [0.3, 0.4) is 0 Å². The third-order valence-electron chi connectivity index (χ3n) is 2.40. The van der Waals surface area contributed by atoms with E-state index < -0.39 is 0 Å². The van der Waals surface area contributed by atoms with Gasteiger partial charge in [0.1, 0.15) is 0 Å². The van der Waals surface area contributed by atoms with E-state index in [0.29, 0.717) is 5.12 Å². The van der Waals surface area contributed by atoms with Crippen LogP contribution in [0.4, 0.5) is 0 Å². The molecule has 0 radical (unpaired) electrons. The molecular formula is C14H28OS. The van der Waals surface area contributed by atoms with Crippen LogP contribution < -0.4 is 0 Å². The van der Waals surface area contributed by atoms with E-state index in [1.807, 2.05) is 0 Å². The Hall–Kier alpha value is 0.0200. The Balaban J connectivity index is 3.28. The van der Waals surface area contributed by atoms with E-state index in [0.717, 1.165) is 12.8 Å². The molecular weight excluding hydrogens is 216 g/mol. The van der Waals surface area contributed by atoms with Crippen LogP contribution in [-0.2, 0) is 4.79 Å². The van der Waals surface area contributed by atoms with Gasteiger partial charge in [-0.2, -0.15) is 0 Å². The molecule has 16 heavy (non-hydrogen) atoms. The maximum absolute atomic E-state index is 11.6. The van der Waals surface area contributed by atoms with E-state index in [1.165, 1.54) is 50.3 Å². The quantitative estimate of drug-likeness (QED) is 0.547. The molecule has 0 aliphatic carbocycles. The van der Waals surface area contributed by atoms with E-state index in [1.54, 1.807) is 0 Å². The largest absolute Gasteiger partial charge is 0.287 e. The van der Waals surface area contributed by atoms with Crippen LogP contribution in [0.5, 0.6) is 0 Å². The number of carbonyl (C=O) groups excluding carboxylic acids is 1. The highest BCUT2D eigenvalue weighted by atomic mass is 32.2. The molecule has 0 aromatic heterocycles. The molecule has 0 rings (SSSR count). The summed E-state index contributed by atoms with van der Waals surface area (Å²) in [5.74, 6) is 0. The number of hydrogen-bond donors (Lipinski definition) is 0. The Morgan fingerprint density at radius 2 is 1.44 bits per heavy atom. The van der Waals surface area contributed by atoms with Gasteiger partial charge in [0.25, 0.3) is 0 Å². The average Bonchev–Trinajstić information content (AvgIpc) is 2.13. The van der Waals surface area contributed by atoms with Crippen molar-refractivity contribution < 1.29 is 4.79 Å². The van der Waals surface area contributed by atoms with Crippen molar-refractivity contribution in [2.24, 2.45) is 0 Å². The monoisotopic (exact) mass is 244 g/mol. The zero-order valence-electron chi connectivity index (χ0n) is 11.5. The molecule has 0 spiro atoms. The smallest absolute Gasteiger partial charge is 0.189 e. The predicted octanol–water partition coefficient (Wildman–Crippen LogP) is 5.19. The van der Waals surface area contributed by atoms with Crippen molar-refractivity contribution in [1.29, 1.82) is 0 Å². The molecule has 0 heterocycles. The van der Waals surface area contributed by atoms with Crippen molar-refractivity contribution in [2.45, 2.75) is 83.8 Å². The zero-order chi connectivity index (χ0) is 12.4. The van der Waals surface area contributed by atoms with E-state index in [9.17, 15) is 4.79 Å². The summed E-state index contributed by atoms with van der Waals surface area (Å²) < 4.78 is 0.0816. The second-order valence-corrected chi connectivity index (χ2v) is 7.34. The maximum Gasteiger partial charge on any atom is 0.189 e. The van der Waals surface area contributed by atoms with Crippen molar-refractivity contribution in [3.8, 4) is 0 Å². The number of carbonyl (C=O) groups is 1. The van der Waals surface area contributed by atoms with Gasteiger partial charge in [0.2, 0.25) is 0 Å². The van der Waals surface area contributed by atoms with Crippen molar-refractivity contribution >= 4 is 16.9 Å². The van der Waals surface area contributed by atoms with Crippen LogP contribution in [0.2, 0.25) is 0 Å². The molecule has 0 unspecified atom stereocenters. The van der Waals surface area contributed by atoms with Gasteiger partial charge < -0.3 is 0 Å². The predicted molar refractivity (Wildman–Crippen MR) is 75.0 cm³/mol. The van der Waals surface area contributed by atoms with Gasteiger partial charge >= 0.3 is 0 Å². The van der Waals surface area contributed by atoms with E-state index in [-0.39, 0.29) is 4.75 Å². The SMILES string of the molecule is CCCCCCCCCC(=O)SC(C)(C)C. The molecule has 96 valence electrons. The molecule has 0 saturated carbocycles. The lowest BCUT2D eigenvalue weighted by Crippen LogP contribution is -2.11. The highest BCUT2D eigenvalue weighted by molar-refractivity contribution is 8.14. The van der Waals surface area contributed by atoms with Gasteiger partial charge in [0, 0.05) is 11.2 Å². The number of thioether (sulfide) groups is 1. The van der Waals surface area contributed by atoms with E-state index in [2.05, 4.69) is 27.7 Å². The van der Waals surface area contributed by atoms with Gasteiger partial charge in [-0.1, -0.05) is 78.0 Å². The van der Waals surface area contributed by atoms with E-state index >= 15 is 0 Å². The number of unbranched alkanes of at least 4 members (excludes halogenated alkanes) is 6.